The summed E-state index contributed by atoms with van der Waals surface area (Å²) in [7, 11) is 0. The number of hydrogen-bond acceptors (Lipinski definition) is 7. The van der Waals surface area contributed by atoms with Crippen molar-refractivity contribution in [2.45, 2.75) is 51.0 Å². The quantitative estimate of drug-likeness (QED) is 0.391. The van der Waals surface area contributed by atoms with Crippen LogP contribution in [0.3, 0.4) is 0 Å². The number of benzene rings is 3. The molecule has 0 unspecified atom stereocenters. The fraction of sp³-hybridized carbons (Fsp3) is 0.323. The van der Waals surface area contributed by atoms with E-state index in [2.05, 4.69) is 22.8 Å². The van der Waals surface area contributed by atoms with Gasteiger partial charge in [-0.1, -0.05) is 78.9 Å². The van der Waals surface area contributed by atoms with Gasteiger partial charge in [-0.15, -0.1) is 0 Å². The molecule has 40 heavy (non-hydrogen) atoms. The molecule has 9 nitrogen and oxygen atoms in total. The van der Waals surface area contributed by atoms with Crippen molar-refractivity contribution >= 4 is 18.0 Å². The zero-order valence-corrected chi connectivity index (χ0v) is 22.5. The number of esters is 1. The zero-order valence-electron chi connectivity index (χ0n) is 22.5. The summed E-state index contributed by atoms with van der Waals surface area (Å²) in [4.78, 5) is 43.9. The Kier molecular flexibility index (Phi) is 8.42. The normalized spacial score (nSPS) is 18.9. The van der Waals surface area contributed by atoms with Gasteiger partial charge in [-0.25, -0.2) is 9.59 Å². The van der Waals surface area contributed by atoms with Gasteiger partial charge in [0.25, 0.3) is 0 Å². The minimum absolute atomic E-state index is 0.0794. The number of carbonyl (C=O) groups is 3. The average Bonchev–Trinajstić information content (AvgIpc) is 3.51. The van der Waals surface area contributed by atoms with Crippen LogP contribution in [-0.2, 0) is 30.4 Å². The van der Waals surface area contributed by atoms with E-state index in [1.807, 2.05) is 66.7 Å². The van der Waals surface area contributed by atoms with Crippen molar-refractivity contribution in [1.29, 1.82) is 0 Å². The topological polar surface area (TPSA) is 106 Å². The van der Waals surface area contributed by atoms with Crippen molar-refractivity contribution in [3.8, 4) is 11.1 Å². The second kappa shape index (κ2) is 12.3. The third kappa shape index (κ3) is 6.00. The van der Waals surface area contributed by atoms with E-state index >= 15 is 0 Å². The fourth-order valence-electron chi connectivity index (χ4n) is 5.19. The van der Waals surface area contributed by atoms with Crippen LogP contribution in [0.2, 0.25) is 0 Å². The van der Waals surface area contributed by atoms with Crippen molar-refractivity contribution in [3.63, 3.8) is 0 Å². The van der Waals surface area contributed by atoms with Crippen LogP contribution in [0.15, 0.2) is 78.9 Å². The summed E-state index contributed by atoms with van der Waals surface area (Å²) in [5.41, 5.74) is 5.45. The van der Waals surface area contributed by atoms with E-state index in [1.165, 1.54) is 0 Å². The number of nitrogens with zero attached hydrogens (tertiary/aromatic N) is 1. The highest BCUT2D eigenvalue weighted by atomic mass is 16.7. The zero-order chi connectivity index (χ0) is 28.1. The van der Waals surface area contributed by atoms with E-state index in [1.54, 1.807) is 18.9 Å². The summed E-state index contributed by atoms with van der Waals surface area (Å²) < 4.78 is 10.7. The molecular weight excluding hydrogens is 510 g/mol. The Morgan fingerprint density at radius 2 is 1.55 bits per heavy atom. The van der Waals surface area contributed by atoms with Crippen molar-refractivity contribution in [3.05, 3.63) is 95.6 Å². The van der Waals surface area contributed by atoms with Gasteiger partial charge >= 0.3 is 12.1 Å². The van der Waals surface area contributed by atoms with Crippen LogP contribution in [0.4, 0.5) is 4.79 Å². The summed E-state index contributed by atoms with van der Waals surface area (Å²) in [6.45, 7) is 4.05. The molecule has 208 valence electrons. The van der Waals surface area contributed by atoms with Crippen LogP contribution in [0, 0.1) is 0 Å². The number of hydroxylamine groups is 2. The van der Waals surface area contributed by atoms with Gasteiger partial charge in [0.1, 0.15) is 18.8 Å². The first-order valence-corrected chi connectivity index (χ1v) is 13.5. The molecule has 1 fully saturated rings. The van der Waals surface area contributed by atoms with E-state index in [0.717, 1.165) is 27.8 Å². The van der Waals surface area contributed by atoms with Gasteiger partial charge < -0.3 is 20.1 Å². The lowest BCUT2D eigenvalue weighted by atomic mass is 9.98. The summed E-state index contributed by atoms with van der Waals surface area (Å²) >= 11 is 0. The fourth-order valence-corrected chi connectivity index (χ4v) is 5.19. The van der Waals surface area contributed by atoms with Crippen LogP contribution in [-0.4, -0.2) is 54.6 Å². The molecule has 1 aliphatic carbocycles. The van der Waals surface area contributed by atoms with Crippen LogP contribution in [0.5, 0.6) is 0 Å². The third-order valence-corrected chi connectivity index (χ3v) is 7.16. The Morgan fingerprint density at radius 1 is 0.925 bits per heavy atom. The molecule has 0 radical (unpaired) electrons. The number of ether oxygens (including phenoxy) is 2. The Labute approximate surface area is 233 Å². The Balaban J connectivity index is 1.18. The van der Waals surface area contributed by atoms with Crippen molar-refractivity contribution in [2.24, 2.45) is 0 Å². The number of hydrogen-bond donors (Lipinski definition) is 2. The lowest BCUT2D eigenvalue weighted by Gasteiger charge is -2.25. The number of fused-ring (bicyclic) bond motifs is 3. The van der Waals surface area contributed by atoms with Gasteiger partial charge in [0.2, 0.25) is 5.91 Å². The molecule has 1 aliphatic heterocycles. The molecule has 0 aromatic heterocycles. The largest absolute Gasteiger partial charge is 0.464 e. The predicted molar refractivity (Wildman–Crippen MR) is 148 cm³/mol. The maximum absolute atomic E-state index is 13.0. The maximum Gasteiger partial charge on any atom is 0.407 e. The SMILES string of the molecule is CCOC(=O)[C@H]1C[C@H](NC(=O)[C@H](C)NC(=O)OCC2c3ccccc3-c3ccccc32)N(Cc2ccccc2)O1. The van der Waals surface area contributed by atoms with Crippen molar-refractivity contribution < 1.29 is 28.7 Å². The van der Waals surface area contributed by atoms with Crippen LogP contribution >= 0.6 is 0 Å². The van der Waals surface area contributed by atoms with E-state index in [4.69, 9.17) is 14.3 Å². The van der Waals surface area contributed by atoms with E-state index < -0.39 is 36.3 Å². The molecule has 0 bridgehead atoms. The molecule has 0 spiro atoms. The number of amides is 2. The number of carbonyl (C=O) groups excluding carboxylic acids is 3. The summed E-state index contributed by atoms with van der Waals surface area (Å²) in [6, 6.07) is 24.9. The smallest absolute Gasteiger partial charge is 0.407 e. The minimum atomic E-state index is -0.879. The monoisotopic (exact) mass is 543 g/mol. The molecule has 3 atom stereocenters. The molecular formula is C31H33N3O6. The second-order valence-electron chi connectivity index (χ2n) is 9.86. The highest BCUT2D eigenvalue weighted by Gasteiger charge is 2.40. The van der Waals surface area contributed by atoms with Gasteiger partial charge in [-0.05, 0) is 41.7 Å². The summed E-state index contributed by atoms with van der Waals surface area (Å²) in [5, 5.41) is 7.07. The molecule has 1 heterocycles. The van der Waals surface area contributed by atoms with E-state index in [0.29, 0.717) is 6.54 Å². The highest BCUT2D eigenvalue weighted by Crippen LogP contribution is 2.44. The molecule has 1 saturated heterocycles. The Bertz CT molecular complexity index is 1320. The van der Waals surface area contributed by atoms with Gasteiger partial charge in [-0.2, -0.15) is 5.06 Å². The van der Waals surface area contributed by atoms with Crippen LogP contribution in [0.25, 0.3) is 11.1 Å². The molecule has 2 N–H and O–H groups in total. The van der Waals surface area contributed by atoms with Crippen molar-refractivity contribution in [1.82, 2.24) is 15.7 Å². The summed E-state index contributed by atoms with van der Waals surface area (Å²) in [6.07, 6.45) is -1.89. The molecule has 5 rings (SSSR count). The first kappa shape index (κ1) is 27.4. The van der Waals surface area contributed by atoms with Gasteiger partial charge in [0.05, 0.1) is 13.2 Å². The standard InChI is InChI=1S/C31H33N3O6/c1-3-38-30(36)27-17-28(34(40-27)18-21-11-5-4-6-12-21)33-29(35)20(2)32-31(37)39-19-26-24-15-9-7-13-22(24)23-14-8-10-16-25(23)26/h4-16,20,26-28H,3,17-19H2,1-2H3,(H,32,37)(H,33,35)/t20-,27+,28+/m0/s1. The van der Waals surface area contributed by atoms with Crippen LogP contribution < -0.4 is 10.6 Å². The molecule has 0 saturated carbocycles. The first-order chi connectivity index (χ1) is 19.4. The van der Waals surface area contributed by atoms with E-state index in [-0.39, 0.29) is 25.6 Å². The molecule has 2 aliphatic rings. The Hall–Kier alpha value is -4.21. The van der Waals surface area contributed by atoms with Crippen molar-refractivity contribution in [2.75, 3.05) is 13.2 Å². The minimum Gasteiger partial charge on any atom is -0.464 e. The third-order valence-electron chi connectivity index (χ3n) is 7.16. The molecule has 3 aromatic rings. The molecule has 3 aromatic carbocycles. The lowest BCUT2D eigenvalue weighted by Crippen LogP contribution is -2.51. The molecule has 2 amide bonds. The van der Waals surface area contributed by atoms with Crippen LogP contribution in [0.1, 0.15) is 42.9 Å². The first-order valence-electron chi connectivity index (χ1n) is 13.5. The van der Waals surface area contributed by atoms with Gasteiger partial charge in [0, 0.05) is 12.3 Å². The number of rotatable bonds is 9. The number of nitrogens with one attached hydrogen (secondary N) is 2. The maximum atomic E-state index is 13.0. The van der Waals surface area contributed by atoms with E-state index in [9.17, 15) is 14.4 Å². The van der Waals surface area contributed by atoms with Gasteiger partial charge in [-0.3, -0.25) is 9.63 Å². The number of alkyl carbamates (subject to hydrolysis) is 1. The Morgan fingerprint density at radius 3 is 2.20 bits per heavy atom. The molecule has 9 heteroatoms. The average molecular weight is 544 g/mol. The second-order valence-corrected chi connectivity index (χ2v) is 9.86. The highest BCUT2D eigenvalue weighted by molar-refractivity contribution is 5.85. The predicted octanol–water partition coefficient (Wildman–Crippen LogP) is 4.13. The lowest BCUT2D eigenvalue weighted by molar-refractivity contribution is -0.195. The van der Waals surface area contributed by atoms with Gasteiger partial charge in [0.15, 0.2) is 6.10 Å². The summed E-state index contributed by atoms with van der Waals surface area (Å²) in [5.74, 6) is -0.990.